The van der Waals surface area contributed by atoms with Gasteiger partial charge >= 0.3 is 5.97 Å². The van der Waals surface area contributed by atoms with E-state index in [1.54, 1.807) is 24.3 Å². The minimum Gasteiger partial charge on any atom is -0.493 e. The summed E-state index contributed by atoms with van der Waals surface area (Å²) in [4.78, 5) is 27.5. The molecule has 3 rings (SSSR count). The van der Waals surface area contributed by atoms with Crippen molar-refractivity contribution >= 4 is 40.5 Å². The van der Waals surface area contributed by atoms with Crippen LogP contribution >= 0.6 is 11.6 Å². The van der Waals surface area contributed by atoms with E-state index in [0.717, 1.165) is 16.5 Å². The van der Waals surface area contributed by atoms with Crippen LogP contribution in [0.2, 0.25) is 5.02 Å². The van der Waals surface area contributed by atoms with Gasteiger partial charge in [-0.25, -0.2) is 9.78 Å². The molecule has 1 aromatic heterocycles. The van der Waals surface area contributed by atoms with Crippen LogP contribution in [-0.4, -0.2) is 30.6 Å². The Morgan fingerprint density at radius 2 is 1.94 bits per heavy atom. The number of pyridine rings is 1. The minimum atomic E-state index is -0.593. The fourth-order valence-electron chi connectivity index (χ4n) is 2.92. The van der Waals surface area contributed by atoms with E-state index in [1.807, 2.05) is 31.2 Å². The van der Waals surface area contributed by atoms with Gasteiger partial charge in [-0.05, 0) is 42.3 Å². The molecule has 2 N–H and O–H groups in total. The predicted octanol–water partition coefficient (Wildman–Crippen LogP) is 3.83. The first-order valence-electron chi connectivity index (χ1n) is 9.36. The second-order valence-corrected chi connectivity index (χ2v) is 7.00. The van der Waals surface area contributed by atoms with Gasteiger partial charge in [-0.1, -0.05) is 35.9 Å². The Morgan fingerprint density at radius 3 is 2.68 bits per heavy atom. The van der Waals surface area contributed by atoms with Crippen molar-refractivity contribution in [2.45, 2.75) is 13.5 Å². The van der Waals surface area contributed by atoms with E-state index in [4.69, 9.17) is 31.5 Å². The first-order chi connectivity index (χ1) is 14.9. The highest BCUT2D eigenvalue weighted by molar-refractivity contribution is 6.32. The number of nitrogens with two attached hydrogens (primary N) is 1. The fraction of sp³-hybridized carbons (Fsp3) is 0.174. The Bertz CT molecular complexity index is 1160. The first-order valence-corrected chi connectivity index (χ1v) is 9.74. The van der Waals surface area contributed by atoms with Crippen molar-refractivity contribution in [3.8, 4) is 11.5 Å². The molecule has 0 saturated heterocycles. The molecule has 3 aromatic rings. The highest BCUT2D eigenvalue weighted by Gasteiger charge is 2.12. The summed E-state index contributed by atoms with van der Waals surface area (Å²) in [6, 6.07) is 12.6. The topological polar surface area (TPSA) is 101 Å². The molecule has 160 valence electrons. The van der Waals surface area contributed by atoms with Gasteiger partial charge in [0.25, 0.3) is 5.91 Å². The van der Waals surface area contributed by atoms with Gasteiger partial charge in [0.05, 0.1) is 23.3 Å². The van der Waals surface area contributed by atoms with Crippen molar-refractivity contribution in [1.82, 2.24) is 4.98 Å². The molecule has 7 nitrogen and oxygen atoms in total. The van der Waals surface area contributed by atoms with Crippen LogP contribution in [0.4, 0.5) is 0 Å². The number of carbonyl (C=O) groups excluding carboxylic acids is 2. The molecular formula is C23H21ClN2O5. The van der Waals surface area contributed by atoms with E-state index in [-0.39, 0.29) is 13.2 Å². The standard InChI is InChI=1S/C23H21ClN2O5/c1-14-16-5-3-4-6-17(16)26-18(23(14)24)12-31-22(28)10-8-15-7-9-19(20(11-15)29-2)30-13-21(25)27/h3-11H,12-13H2,1-2H3,(H2,25,27)/b10-8+. The molecule has 0 fully saturated rings. The Labute approximate surface area is 184 Å². The third-order valence-corrected chi connectivity index (χ3v) is 4.97. The van der Waals surface area contributed by atoms with Gasteiger partial charge in [0.2, 0.25) is 0 Å². The van der Waals surface area contributed by atoms with Gasteiger partial charge in [-0.15, -0.1) is 0 Å². The summed E-state index contributed by atoms with van der Waals surface area (Å²) in [7, 11) is 1.47. The summed E-state index contributed by atoms with van der Waals surface area (Å²) in [5.41, 5.74) is 7.93. The van der Waals surface area contributed by atoms with Crippen molar-refractivity contribution in [3.63, 3.8) is 0 Å². The second kappa shape index (κ2) is 9.95. The van der Waals surface area contributed by atoms with Gasteiger partial charge in [0.1, 0.15) is 6.61 Å². The molecule has 1 amide bonds. The minimum absolute atomic E-state index is 0.0447. The second-order valence-electron chi connectivity index (χ2n) is 6.62. The van der Waals surface area contributed by atoms with Crippen LogP contribution in [0, 0.1) is 6.92 Å². The van der Waals surface area contributed by atoms with Crippen molar-refractivity contribution in [2.75, 3.05) is 13.7 Å². The maximum absolute atomic E-state index is 12.2. The highest BCUT2D eigenvalue weighted by atomic mass is 35.5. The summed E-state index contributed by atoms with van der Waals surface area (Å²) in [6.45, 7) is 1.60. The van der Waals surface area contributed by atoms with Gasteiger partial charge in [-0.3, -0.25) is 4.79 Å². The zero-order chi connectivity index (χ0) is 22.4. The number of halogens is 1. The Hall–Kier alpha value is -3.58. The quantitative estimate of drug-likeness (QED) is 0.422. The number of methoxy groups -OCH3 is 1. The molecule has 0 aliphatic heterocycles. The molecule has 0 unspecified atom stereocenters. The lowest BCUT2D eigenvalue weighted by Gasteiger charge is -2.10. The largest absolute Gasteiger partial charge is 0.493 e. The lowest BCUT2D eigenvalue weighted by Crippen LogP contribution is -2.20. The number of hydrogen-bond donors (Lipinski definition) is 1. The number of aromatic nitrogens is 1. The van der Waals surface area contributed by atoms with Gasteiger partial charge < -0.3 is 19.9 Å². The number of hydrogen-bond acceptors (Lipinski definition) is 6. The third-order valence-electron chi connectivity index (χ3n) is 4.47. The SMILES string of the molecule is COc1cc(/C=C/C(=O)OCc2nc3ccccc3c(C)c2Cl)ccc1OCC(N)=O. The number of amides is 1. The number of primary amides is 1. The van der Waals surface area contributed by atoms with E-state index in [1.165, 1.54) is 13.2 Å². The van der Waals surface area contributed by atoms with E-state index < -0.39 is 11.9 Å². The molecule has 1 heterocycles. The van der Waals surface area contributed by atoms with Crippen LogP contribution < -0.4 is 15.2 Å². The Balaban J connectivity index is 1.66. The van der Waals surface area contributed by atoms with Crippen molar-refractivity contribution in [3.05, 3.63) is 70.4 Å². The molecule has 0 aliphatic rings. The van der Waals surface area contributed by atoms with Crippen LogP contribution in [0.3, 0.4) is 0 Å². The smallest absolute Gasteiger partial charge is 0.331 e. The normalized spacial score (nSPS) is 10.9. The van der Waals surface area contributed by atoms with Gasteiger partial charge in [0.15, 0.2) is 18.1 Å². The molecule has 0 saturated carbocycles. The zero-order valence-electron chi connectivity index (χ0n) is 17.1. The van der Waals surface area contributed by atoms with Gasteiger partial charge in [-0.2, -0.15) is 0 Å². The fourth-order valence-corrected chi connectivity index (χ4v) is 3.12. The number of fused-ring (bicyclic) bond motifs is 1. The molecule has 31 heavy (non-hydrogen) atoms. The van der Waals surface area contributed by atoms with Crippen LogP contribution in [-0.2, 0) is 20.9 Å². The third kappa shape index (κ3) is 5.52. The number of rotatable bonds is 8. The average molecular weight is 441 g/mol. The summed E-state index contributed by atoms with van der Waals surface area (Å²) >= 11 is 6.40. The number of nitrogens with zero attached hydrogens (tertiary/aromatic N) is 1. The van der Waals surface area contributed by atoms with E-state index in [2.05, 4.69) is 4.98 Å². The maximum atomic E-state index is 12.2. The number of para-hydroxylation sites is 1. The molecule has 0 bridgehead atoms. The molecule has 2 aromatic carbocycles. The molecular weight excluding hydrogens is 420 g/mol. The zero-order valence-corrected chi connectivity index (χ0v) is 17.8. The van der Waals surface area contributed by atoms with Crippen LogP contribution in [0.25, 0.3) is 17.0 Å². The molecule has 0 aliphatic carbocycles. The molecule has 8 heteroatoms. The number of ether oxygens (including phenoxy) is 3. The lowest BCUT2D eigenvalue weighted by atomic mass is 10.1. The van der Waals surface area contributed by atoms with Crippen LogP contribution in [0.15, 0.2) is 48.5 Å². The summed E-state index contributed by atoms with van der Waals surface area (Å²) in [5.74, 6) is -0.366. The number of carbonyl (C=O) groups is 2. The number of aryl methyl sites for hydroxylation is 1. The average Bonchev–Trinajstić information content (AvgIpc) is 2.77. The van der Waals surface area contributed by atoms with Gasteiger partial charge in [0, 0.05) is 11.5 Å². The number of esters is 1. The molecule has 0 atom stereocenters. The van der Waals surface area contributed by atoms with E-state index in [9.17, 15) is 9.59 Å². The van der Waals surface area contributed by atoms with Crippen molar-refractivity contribution in [1.29, 1.82) is 0 Å². The van der Waals surface area contributed by atoms with Crippen molar-refractivity contribution in [2.24, 2.45) is 5.73 Å². The number of benzene rings is 2. The Morgan fingerprint density at radius 1 is 1.16 bits per heavy atom. The summed E-state index contributed by atoms with van der Waals surface area (Å²) in [5, 5.41) is 1.44. The van der Waals surface area contributed by atoms with E-state index in [0.29, 0.717) is 27.8 Å². The van der Waals surface area contributed by atoms with Crippen LogP contribution in [0.5, 0.6) is 11.5 Å². The Kier molecular flexibility index (Phi) is 7.10. The monoisotopic (exact) mass is 440 g/mol. The lowest BCUT2D eigenvalue weighted by molar-refractivity contribution is -0.139. The maximum Gasteiger partial charge on any atom is 0.331 e. The predicted molar refractivity (Wildman–Crippen MR) is 118 cm³/mol. The van der Waals surface area contributed by atoms with Crippen molar-refractivity contribution < 1.29 is 23.8 Å². The summed E-state index contributed by atoms with van der Waals surface area (Å²) < 4.78 is 15.8. The molecule has 0 radical (unpaired) electrons. The molecule has 0 spiro atoms. The highest BCUT2D eigenvalue weighted by Crippen LogP contribution is 2.29. The first kappa shape index (κ1) is 22.1. The van der Waals surface area contributed by atoms with Crippen LogP contribution in [0.1, 0.15) is 16.8 Å². The summed E-state index contributed by atoms with van der Waals surface area (Å²) in [6.07, 6.45) is 2.86. The van der Waals surface area contributed by atoms with E-state index >= 15 is 0 Å².